The van der Waals surface area contributed by atoms with Crippen molar-refractivity contribution in [3.63, 3.8) is 0 Å². The Balaban J connectivity index is 2.18. The third-order valence-electron chi connectivity index (χ3n) is 3.10. The predicted molar refractivity (Wildman–Crippen MR) is 64.6 cm³/mol. The first-order valence-electron chi connectivity index (χ1n) is 5.75. The topological polar surface area (TPSA) is 40.6 Å². The Hall–Kier alpha value is -1.91. The molecule has 0 radical (unpaired) electrons. The number of amides is 2. The molecule has 1 atom stereocenters. The van der Waals surface area contributed by atoms with Gasteiger partial charge in [0.05, 0.1) is 12.6 Å². The molecule has 0 spiro atoms. The Morgan fingerprint density at radius 1 is 1.39 bits per heavy atom. The fourth-order valence-corrected chi connectivity index (χ4v) is 2.18. The molecular formula is C13H15FN2O2. The molecule has 0 bridgehead atoms. The van der Waals surface area contributed by atoms with E-state index in [1.54, 1.807) is 24.1 Å². The predicted octanol–water partition coefficient (Wildman–Crippen LogP) is 1.82. The van der Waals surface area contributed by atoms with Crippen molar-refractivity contribution in [1.29, 1.82) is 0 Å². The second-order valence-electron chi connectivity index (χ2n) is 4.54. The number of ketones is 1. The molecule has 96 valence electrons. The van der Waals surface area contributed by atoms with E-state index >= 15 is 0 Å². The smallest absolute Gasteiger partial charge is 0.319 e. The zero-order valence-corrected chi connectivity index (χ0v) is 10.4. The number of likely N-dealkylation sites (N-methyl/N-ethyl adjacent to an activating group) is 1. The summed E-state index contributed by atoms with van der Waals surface area (Å²) in [7, 11) is 1.69. The number of benzene rings is 1. The van der Waals surface area contributed by atoms with Crippen molar-refractivity contribution in [2.24, 2.45) is 0 Å². The molecule has 2 amide bonds. The Morgan fingerprint density at radius 3 is 2.56 bits per heavy atom. The van der Waals surface area contributed by atoms with Gasteiger partial charge < -0.3 is 9.80 Å². The van der Waals surface area contributed by atoms with Gasteiger partial charge in [-0.15, -0.1) is 0 Å². The van der Waals surface area contributed by atoms with Crippen molar-refractivity contribution in [2.45, 2.75) is 13.0 Å². The number of carbonyl (C=O) groups excluding carboxylic acids is 2. The number of hydrogen-bond donors (Lipinski definition) is 0. The van der Waals surface area contributed by atoms with Crippen LogP contribution in [0.3, 0.4) is 0 Å². The minimum absolute atomic E-state index is 0.0449. The molecule has 18 heavy (non-hydrogen) atoms. The van der Waals surface area contributed by atoms with Crippen molar-refractivity contribution in [3.05, 3.63) is 35.6 Å². The second-order valence-corrected chi connectivity index (χ2v) is 4.54. The number of hydrogen-bond acceptors (Lipinski definition) is 2. The summed E-state index contributed by atoms with van der Waals surface area (Å²) in [6, 6.07) is 5.79. The fourth-order valence-electron chi connectivity index (χ4n) is 2.18. The summed E-state index contributed by atoms with van der Waals surface area (Å²) in [5.41, 5.74) is 0.873. The standard InChI is InChI=1S/C13H15FN2O2/c1-9(17)7-16-8-12(15(2)13(16)18)10-3-5-11(14)6-4-10/h3-6,12H,7-8H2,1-2H3. The molecule has 0 aliphatic carbocycles. The lowest BCUT2D eigenvalue weighted by Crippen LogP contribution is -2.32. The maximum Gasteiger partial charge on any atom is 0.320 e. The quantitative estimate of drug-likeness (QED) is 0.821. The van der Waals surface area contributed by atoms with Crippen LogP contribution in [-0.2, 0) is 4.79 Å². The first kappa shape index (κ1) is 12.5. The average Bonchev–Trinajstić information content (AvgIpc) is 2.58. The van der Waals surface area contributed by atoms with Gasteiger partial charge >= 0.3 is 6.03 Å². The number of rotatable bonds is 3. The molecule has 2 rings (SSSR count). The lowest BCUT2D eigenvalue weighted by atomic mass is 10.1. The van der Waals surface area contributed by atoms with Crippen LogP contribution in [0.25, 0.3) is 0 Å². The van der Waals surface area contributed by atoms with Crippen LogP contribution >= 0.6 is 0 Å². The van der Waals surface area contributed by atoms with Crippen LogP contribution in [0.4, 0.5) is 9.18 Å². The van der Waals surface area contributed by atoms with Crippen LogP contribution < -0.4 is 0 Å². The fraction of sp³-hybridized carbons (Fsp3) is 0.385. The number of nitrogens with zero attached hydrogens (tertiary/aromatic N) is 2. The summed E-state index contributed by atoms with van der Waals surface area (Å²) in [5.74, 6) is -0.345. The van der Waals surface area contributed by atoms with Gasteiger partial charge in [-0.05, 0) is 24.6 Å². The van der Waals surface area contributed by atoms with Crippen LogP contribution in [0.1, 0.15) is 18.5 Å². The lowest BCUT2D eigenvalue weighted by molar-refractivity contribution is -0.117. The summed E-state index contributed by atoms with van der Waals surface area (Å²) in [5, 5.41) is 0. The highest BCUT2D eigenvalue weighted by atomic mass is 19.1. The van der Waals surface area contributed by atoms with Crippen LogP contribution in [-0.4, -0.2) is 41.8 Å². The van der Waals surface area contributed by atoms with Crippen molar-refractivity contribution in [2.75, 3.05) is 20.1 Å². The van der Waals surface area contributed by atoms with Gasteiger partial charge in [0, 0.05) is 13.6 Å². The van der Waals surface area contributed by atoms with Crippen LogP contribution in [0.2, 0.25) is 0 Å². The van der Waals surface area contributed by atoms with E-state index in [2.05, 4.69) is 0 Å². The van der Waals surface area contributed by atoms with E-state index < -0.39 is 0 Å². The Bertz CT molecular complexity index is 472. The molecule has 1 aliphatic rings. The Labute approximate surface area is 105 Å². The SMILES string of the molecule is CC(=O)CN1CC(c2ccc(F)cc2)N(C)C1=O. The average molecular weight is 250 g/mol. The van der Waals surface area contributed by atoms with E-state index in [9.17, 15) is 14.0 Å². The van der Waals surface area contributed by atoms with E-state index in [1.165, 1.54) is 24.0 Å². The molecule has 5 heteroatoms. The molecular weight excluding hydrogens is 235 g/mol. The van der Waals surface area contributed by atoms with Gasteiger partial charge in [-0.25, -0.2) is 9.18 Å². The first-order chi connectivity index (χ1) is 8.49. The number of halogens is 1. The largest absolute Gasteiger partial charge is 0.320 e. The van der Waals surface area contributed by atoms with Gasteiger partial charge in [-0.2, -0.15) is 0 Å². The molecule has 0 N–H and O–H groups in total. The maximum atomic E-state index is 12.9. The number of Topliss-reactive ketones (excluding diaryl/α,β-unsaturated/α-hetero) is 1. The maximum absolute atomic E-state index is 12.9. The summed E-state index contributed by atoms with van der Waals surface area (Å²) in [4.78, 5) is 26.1. The lowest BCUT2D eigenvalue weighted by Gasteiger charge is -2.17. The zero-order valence-electron chi connectivity index (χ0n) is 10.4. The van der Waals surface area contributed by atoms with Gasteiger partial charge in [0.15, 0.2) is 0 Å². The minimum Gasteiger partial charge on any atom is -0.319 e. The molecule has 4 nitrogen and oxygen atoms in total. The molecule has 0 saturated carbocycles. The van der Waals surface area contributed by atoms with Crippen molar-refractivity contribution >= 4 is 11.8 Å². The van der Waals surface area contributed by atoms with Gasteiger partial charge in [-0.1, -0.05) is 12.1 Å². The van der Waals surface area contributed by atoms with Gasteiger partial charge in [-0.3, -0.25) is 4.79 Å². The number of carbonyl (C=O) groups is 2. The molecule has 1 aromatic carbocycles. The highest BCUT2D eigenvalue weighted by Gasteiger charge is 2.35. The molecule has 0 aromatic heterocycles. The monoisotopic (exact) mass is 250 g/mol. The van der Waals surface area contributed by atoms with Crippen LogP contribution in [0, 0.1) is 5.82 Å². The third kappa shape index (κ3) is 2.34. The van der Waals surface area contributed by atoms with Crippen LogP contribution in [0.5, 0.6) is 0 Å². The van der Waals surface area contributed by atoms with E-state index in [0.717, 1.165) is 5.56 Å². The Kier molecular flexibility index (Phi) is 3.32. The molecule has 1 aliphatic heterocycles. The second kappa shape index (κ2) is 4.76. The van der Waals surface area contributed by atoms with E-state index in [1.807, 2.05) is 0 Å². The molecule has 1 saturated heterocycles. The van der Waals surface area contributed by atoms with E-state index in [-0.39, 0.29) is 30.2 Å². The molecule has 1 unspecified atom stereocenters. The zero-order chi connectivity index (χ0) is 13.3. The first-order valence-corrected chi connectivity index (χ1v) is 5.75. The molecule has 1 fully saturated rings. The van der Waals surface area contributed by atoms with Crippen molar-refractivity contribution < 1.29 is 14.0 Å². The van der Waals surface area contributed by atoms with E-state index in [4.69, 9.17) is 0 Å². The van der Waals surface area contributed by atoms with Gasteiger partial charge in [0.1, 0.15) is 11.6 Å². The third-order valence-corrected chi connectivity index (χ3v) is 3.10. The highest BCUT2D eigenvalue weighted by molar-refractivity contribution is 5.85. The van der Waals surface area contributed by atoms with E-state index in [0.29, 0.717) is 6.54 Å². The molecule has 1 aromatic rings. The summed E-state index contributed by atoms with van der Waals surface area (Å²) in [6.45, 7) is 2.04. The van der Waals surface area contributed by atoms with Crippen molar-refractivity contribution in [3.8, 4) is 0 Å². The van der Waals surface area contributed by atoms with Crippen LogP contribution in [0.15, 0.2) is 24.3 Å². The normalized spacial score (nSPS) is 19.5. The summed E-state index contributed by atoms with van der Waals surface area (Å²) in [6.07, 6.45) is 0. The van der Waals surface area contributed by atoms with Crippen molar-refractivity contribution in [1.82, 2.24) is 9.80 Å². The highest BCUT2D eigenvalue weighted by Crippen LogP contribution is 2.27. The molecule has 1 heterocycles. The summed E-state index contributed by atoms with van der Waals surface area (Å²) < 4.78 is 12.9. The van der Waals surface area contributed by atoms with Gasteiger partial charge in [0.25, 0.3) is 0 Å². The summed E-state index contributed by atoms with van der Waals surface area (Å²) >= 11 is 0. The van der Waals surface area contributed by atoms with Gasteiger partial charge in [0.2, 0.25) is 0 Å². The minimum atomic E-state index is -0.300. The number of urea groups is 1. The Morgan fingerprint density at radius 2 is 2.00 bits per heavy atom.